The lowest BCUT2D eigenvalue weighted by molar-refractivity contribution is -0.121. The van der Waals surface area contributed by atoms with Gasteiger partial charge in [0.05, 0.1) is 19.1 Å². The van der Waals surface area contributed by atoms with E-state index >= 15 is 0 Å². The molecule has 0 bridgehead atoms. The Morgan fingerprint density at radius 2 is 2.00 bits per heavy atom. The smallest absolute Gasteiger partial charge is 0.224 e. The lowest BCUT2D eigenvalue weighted by atomic mass is 9.88. The molecule has 0 aliphatic heterocycles. The van der Waals surface area contributed by atoms with E-state index in [4.69, 9.17) is 0 Å². The van der Waals surface area contributed by atoms with Gasteiger partial charge in [-0.1, -0.05) is 39.0 Å². The molecule has 23 heavy (non-hydrogen) atoms. The molecule has 4 nitrogen and oxygen atoms in total. The SMILES string of the molecule is CCn1cc(CC(=O)NC(CO)CC(C)(C)C)c2ccccc21. The molecule has 1 unspecified atom stereocenters. The normalized spacial score (nSPS) is 13.3. The molecule has 1 amide bonds. The van der Waals surface area contributed by atoms with E-state index in [0.717, 1.165) is 29.4 Å². The highest BCUT2D eigenvalue weighted by Gasteiger charge is 2.20. The van der Waals surface area contributed by atoms with Crippen molar-refractivity contribution in [1.29, 1.82) is 0 Å². The number of para-hydroxylation sites is 1. The van der Waals surface area contributed by atoms with Crippen LogP contribution in [0.4, 0.5) is 0 Å². The van der Waals surface area contributed by atoms with Crippen molar-refractivity contribution in [3.63, 3.8) is 0 Å². The van der Waals surface area contributed by atoms with E-state index < -0.39 is 0 Å². The van der Waals surface area contributed by atoms with E-state index in [-0.39, 0.29) is 24.0 Å². The van der Waals surface area contributed by atoms with Crippen molar-refractivity contribution >= 4 is 16.8 Å². The number of nitrogens with one attached hydrogen (secondary N) is 1. The van der Waals surface area contributed by atoms with Crippen LogP contribution in [-0.2, 0) is 17.8 Å². The largest absolute Gasteiger partial charge is 0.394 e. The highest BCUT2D eigenvalue weighted by molar-refractivity contribution is 5.89. The number of rotatable bonds is 6. The number of aromatic nitrogens is 1. The maximum atomic E-state index is 12.4. The number of aryl methyl sites for hydroxylation is 1. The topological polar surface area (TPSA) is 54.3 Å². The van der Waals surface area contributed by atoms with E-state index in [1.54, 1.807) is 0 Å². The lowest BCUT2D eigenvalue weighted by Gasteiger charge is -2.25. The third-order valence-corrected chi connectivity index (χ3v) is 4.01. The van der Waals surface area contributed by atoms with Crippen LogP contribution in [0.25, 0.3) is 10.9 Å². The molecule has 0 aliphatic carbocycles. The van der Waals surface area contributed by atoms with Gasteiger partial charge >= 0.3 is 0 Å². The molecule has 2 rings (SSSR count). The summed E-state index contributed by atoms with van der Waals surface area (Å²) in [6, 6.07) is 7.96. The van der Waals surface area contributed by atoms with E-state index in [0.29, 0.717) is 6.42 Å². The number of hydrogen-bond acceptors (Lipinski definition) is 2. The fourth-order valence-electron chi connectivity index (χ4n) is 3.08. The average molecular weight is 316 g/mol. The van der Waals surface area contributed by atoms with Crippen molar-refractivity contribution in [2.75, 3.05) is 6.61 Å². The molecule has 0 spiro atoms. The van der Waals surface area contributed by atoms with Gasteiger partial charge in [0.1, 0.15) is 0 Å². The molecule has 4 heteroatoms. The van der Waals surface area contributed by atoms with Crippen LogP contribution in [0.1, 0.15) is 39.7 Å². The van der Waals surface area contributed by atoms with Gasteiger partial charge in [0, 0.05) is 23.6 Å². The Balaban J connectivity index is 2.11. The zero-order valence-corrected chi connectivity index (χ0v) is 14.6. The molecule has 0 saturated carbocycles. The second kappa shape index (κ2) is 7.18. The third kappa shape index (κ3) is 4.58. The minimum absolute atomic E-state index is 0.0280. The Kier molecular flexibility index (Phi) is 5.47. The zero-order chi connectivity index (χ0) is 17.0. The molecule has 2 N–H and O–H groups in total. The van der Waals surface area contributed by atoms with Crippen LogP contribution in [0.3, 0.4) is 0 Å². The standard InChI is InChI=1S/C19H28N2O2/c1-5-21-12-14(16-8-6-7-9-17(16)21)10-18(23)20-15(13-22)11-19(2,3)4/h6-9,12,15,22H,5,10-11,13H2,1-4H3,(H,20,23). The number of benzene rings is 1. The summed E-state index contributed by atoms with van der Waals surface area (Å²) in [5, 5.41) is 13.6. The number of hydrogen-bond donors (Lipinski definition) is 2. The summed E-state index contributed by atoms with van der Waals surface area (Å²) < 4.78 is 2.16. The van der Waals surface area contributed by atoms with Gasteiger partial charge in [0.15, 0.2) is 0 Å². The summed E-state index contributed by atoms with van der Waals surface area (Å²) in [5.74, 6) is -0.0349. The molecule has 126 valence electrons. The average Bonchev–Trinajstić information content (AvgIpc) is 2.83. The number of amides is 1. The van der Waals surface area contributed by atoms with Crippen LogP contribution in [-0.4, -0.2) is 28.2 Å². The van der Waals surface area contributed by atoms with Crippen LogP contribution < -0.4 is 5.32 Å². The summed E-state index contributed by atoms with van der Waals surface area (Å²) in [7, 11) is 0. The van der Waals surface area contributed by atoms with Crippen molar-refractivity contribution in [2.24, 2.45) is 5.41 Å². The van der Waals surface area contributed by atoms with Crippen LogP contribution in [0.2, 0.25) is 0 Å². The molecule has 0 aliphatic rings. The Bertz CT molecular complexity index is 668. The maximum Gasteiger partial charge on any atom is 0.224 e. The van der Waals surface area contributed by atoms with Crippen LogP contribution >= 0.6 is 0 Å². The number of carbonyl (C=O) groups excluding carboxylic acids is 1. The lowest BCUT2D eigenvalue weighted by Crippen LogP contribution is -2.40. The van der Waals surface area contributed by atoms with Gasteiger partial charge in [-0.05, 0) is 30.4 Å². The monoisotopic (exact) mass is 316 g/mol. The van der Waals surface area contributed by atoms with Gasteiger partial charge in [-0.15, -0.1) is 0 Å². The molecule has 0 saturated heterocycles. The highest BCUT2D eigenvalue weighted by Crippen LogP contribution is 2.23. The molecule has 1 heterocycles. The molecule has 0 fully saturated rings. The van der Waals surface area contributed by atoms with E-state index in [1.807, 2.05) is 12.1 Å². The van der Waals surface area contributed by atoms with Gasteiger partial charge in [-0.2, -0.15) is 0 Å². The molecular weight excluding hydrogens is 288 g/mol. The number of carbonyl (C=O) groups is 1. The summed E-state index contributed by atoms with van der Waals surface area (Å²) in [4.78, 5) is 12.4. The first kappa shape index (κ1) is 17.5. The maximum absolute atomic E-state index is 12.4. The van der Waals surface area contributed by atoms with Crippen molar-refractivity contribution in [2.45, 2.75) is 53.1 Å². The van der Waals surface area contributed by atoms with Crippen molar-refractivity contribution in [3.05, 3.63) is 36.0 Å². The van der Waals surface area contributed by atoms with E-state index in [9.17, 15) is 9.90 Å². The summed E-state index contributed by atoms with van der Waals surface area (Å²) in [6.07, 6.45) is 3.15. The number of fused-ring (bicyclic) bond motifs is 1. The zero-order valence-electron chi connectivity index (χ0n) is 14.6. The van der Waals surface area contributed by atoms with Crippen LogP contribution in [0.5, 0.6) is 0 Å². The first-order chi connectivity index (χ1) is 10.8. The summed E-state index contributed by atoms with van der Waals surface area (Å²) in [5.41, 5.74) is 2.26. The molecule has 1 aromatic carbocycles. The Morgan fingerprint density at radius 3 is 2.61 bits per heavy atom. The van der Waals surface area contributed by atoms with E-state index in [1.165, 1.54) is 0 Å². The first-order valence-corrected chi connectivity index (χ1v) is 8.31. The Hall–Kier alpha value is -1.81. The summed E-state index contributed by atoms with van der Waals surface area (Å²) in [6.45, 7) is 9.27. The predicted molar refractivity (Wildman–Crippen MR) is 94.4 cm³/mol. The van der Waals surface area contributed by atoms with Crippen molar-refractivity contribution < 1.29 is 9.90 Å². The van der Waals surface area contributed by atoms with Gasteiger partial charge in [-0.3, -0.25) is 4.79 Å². The van der Waals surface area contributed by atoms with E-state index in [2.05, 4.69) is 55.9 Å². The molecule has 0 radical (unpaired) electrons. The highest BCUT2D eigenvalue weighted by atomic mass is 16.3. The number of aliphatic hydroxyl groups is 1. The fraction of sp³-hybridized carbons (Fsp3) is 0.526. The first-order valence-electron chi connectivity index (χ1n) is 8.31. The van der Waals surface area contributed by atoms with Crippen molar-refractivity contribution in [1.82, 2.24) is 9.88 Å². The van der Waals surface area contributed by atoms with Gasteiger partial charge in [0.2, 0.25) is 5.91 Å². The minimum Gasteiger partial charge on any atom is -0.394 e. The summed E-state index contributed by atoms with van der Waals surface area (Å²) >= 11 is 0. The van der Waals surface area contributed by atoms with Crippen molar-refractivity contribution in [3.8, 4) is 0 Å². The number of nitrogens with zero attached hydrogens (tertiary/aromatic N) is 1. The second-order valence-corrected chi connectivity index (χ2v) is 7.35. The molecule has 1 atom stereocenters. The Morgan fingerprint density at radius 1 is 1.30 bits per heavy atom. The van der Waals surface area contributed by atoms with Crippen LogP contribution in [0, 0.1) is 5.41 Å². The van der Waals surface area contributed by atoms with Crippen LogP contribution in [0.15, 0.2) is 30.5 Å². The molecule has 2 aromatic rings. The second-order valence-electron chi connectivity index (χ2n) is 7.35. The number of aliphatic hydroxyl groups excluding tert-OH is 1. The fourth-order valence-corrected chi connectivity index (χ4v) is 3.08. The van der Waals surface area contributed by atoms with Gasteiger partial charge in [0.25, 0.3) is 0 Å². The predicted octanol–water partition coefficient (Wildman–Crippen LogP) is 3.12. The minimum atomic E-state index is -0.193. The third-order valence-electron chi connectivity index (χ3n) is 4.01. The quantitative estimate of drug-likeness (QED) is 0.860. The van der Waals surface area contributed by atoms with Gasteiger partial charge in [-0.25, -0.2) is 0 Å². The molecule has 1 aromatic heterocycles. The Labute approximate surface area is 138 Å². The molecular formula is C19H28N2O2. The van der Waals surface area contributed by atoms with Gasteiger partial charge < -0.3 is 15.0 Å².